The predicted octanol–water partition coefficient (Wildman–Crippen LogP) is 1.36. The molecule has 1 rings (SSSR count). The van der Waals surface area contributed by atoms with Gasteiger partial charge < -0.3 is 15.6 Å². The highest BCUT2D eigenvalue weighted by molar-refractivity contribution is 5.33. The fourth-order valence-corrected chi connectivity index (χ4v) is 1.30. The van der Waals surface area contributed by atoms with Crippen LogP contribution < -0.4 is 10.5 Å². The molecule has 0 amide bonds. The van der Waals surface area contributed by atoms with Crippen LogP contribution in [-0.2, 0) is 0 Å². The first-order valence-corrected chi connectivity index (χ1v) is 4.49. The van der Waals surface area contributed by atoms with E-state index in [2.05, 4.69) is 4.74 Å². The van der Waals surface area contributed by atoms with Gasteiger partial charge in [-0.1, -0.05) is 0 Å². The lowest BCUT2D eigenvalue weighted by atomic mass is 10.0. The predicted molar refractivity (Wildman–Crippen MR) is 51.5 cm³/mol. The van der Waals surface area contributed by atoms with Crippen LogP contribution in [0.25, 0.3) is 0 Å². The van der Waals surface area contributed by atoms with Crippen LogP contribution in [0.5, 0.6) is 5.75 Å². The average Bonchev–Trinajstić information content (AvgIpc) is 2.21. The summed E-state index contributed by atoms with van der Waals surface area (Å²) < 4.78 is 31.3. The molecule has 0 bridgehead atoms. The van der Waals surface area contributed by atoms with Gasteiger partial charge in [-0.25, -0.2) is 8.78 Å². The Kier molecular flexibility index (Phi) is 3.99. The van der Waals surface area contributed by atoms with Gasteiger partial charge in [0.25, 0.3) is 0 Å². The number of hydrogen-bond acceptors (Lipinski definition) is 3. The highest BCUT2D eigenvalue weighted by Crippen LogP contribution is 2.26. The van der Waals surface area contributed by atoms with E-state index in [9.17, 15) is 8.78 Å². The second kappa shape index (κ2) is 5.04. The van der Waals surface area contributed by atoms with E-state index in [-0.39, 0.29) is 24.3 Å². The highest BCUT2D eigenvalue weighted by Gasteiger charge is 2.16. The summed E-state index contributed by atoms with van der Waals surface area (Å²) in [6.07, 6.45) is 0.170. The van der Waals surface area contributed by atoms with Gasteiger partial charge in [0.2, 0.25) is 0 Å². The van der Waals surface area contributed by atoms with Crippen LogP contribution in [0.2, 0.25) is 0 Å². The quantitative estimate of drug-likeness (QED) is 0.800. The zero-order valence-electron chi connectivity index (χ0n) is 8.34. The average molecular weight is 217 g/mol. The molecule has 0 heterocycles. The largest absolute Gasteiger partial charge is 0.494 e. The van der Waals surface area contributed by atoms with Gasteiger partial charge in [-0.2, -0.15) is 0 Å². The van der Waals surface area contributed by atoms with Crippen LogP contribution in [0.3, 0.4) is 0 Å². The van der Waals surface area contributed by atoms with E-state index >= 15 is 0 Å². The van der Waals surface area contributed by atoms with E-state index in [0.717, 1.165) is 12.1 Å². The molecule has 3 N–H and O–H groups in total. The Bertz CT molecular complexity index is 344. The second-order valence-electron chi connectivity index (χ2n) is 3.13. The normalized spacial score (nSPS) is 12.6. The molecule has 0 aliphatic rings. The van der Waals surface area contributed by atoms with Gasteiger partial charge in [0.1, 0.15) is 5.82 Å². The van der Waals surface area contributed by atoms with Crippen molar-refractivity contribution in [2.24, 2.45) is 5.73 Å². The van der Waals surface area contributed by atoms with Gasteiger partial charge in [-0.15, -0.1) is 0 Å². The first-order valence-electron chi connectivity index (χ1n) is 4.49. The first-order chi connectivity index (χ1) is 7.10. The Morgan fingerprint density at radius 3 is 2.67 bits per heavy atom. The topological polar surface area (TPSA) is 55.5 Å². The van der Waals surface area contributed by atoms with Crippen molar-refractivity contribution in [3.05, 3.63) is 29.3 Å². The minimum atomic E-state index is -0.736. The van der Waals surface area contributed by atoms with Crippen molar-refractivity contribution in [2.45, 2.75) is 12.5 Å². The van der Waals surface area contributed by atoms with Crippen LogP contribution in [0.1, 0.15) is 18.0 Å². The lowest BCUT2D eigenvalue weighted by Gasteiger charge is -2.13. The number of rotatable bonds is 4. The number of halogens is 2. The van der Waals surface area contributed by atoms with Crippen LogP contribution in [0.4, 0.5) is 8.78 Å². The molecule has 0 radical (unpaired) electrons. The van der Waals surface area contributed by atoms with Crippen molar-refractivity contribution in [2.75, 3.05) is 13.7 Å². The molecule has 84 valence electrons. The number of ether oxygens (including phenoxy) is 1. The molecule has 5 heteroatoms. The zero-order chi connectivity index (χ0) is 11.4. The van der Waals surface area contributed by atoms with Crippen LogP contribution >= 0.6 is 0 Å². The van der Waals surface area contributed by atoms with Crippen molar-refractivity contribution in [1.82, 2.24) is 0 Å². The molecule has 0 saturated carbocycles. The van der Waals surface area contributed by atoms with E-state index in [0.29, 0.717) is 0 Å². The Labute approximate surface area is 86.5 Å². The summed E-state index contributed by atoms with van der Waals surface area (Å²) in [5, 5.41) is 8.66. The molecule has 0 aliphatic heterocycles. The molecule has 0 aromatic heterocycles. The molecule has 1 aromatic carbocycles. The lowest BCUT2D eigenvalue weighted by Crippen LogP contribution is -2.14. The maximum atomic E-state index is 13.6. The van der Waals surface area contributed by atoms with Crippen molar-refractivity contribution >= 4 is 0 Å². The summed E-state index contributed by atoms with van der Waals surface area (Å²) in [4.78, 5) is 0. The molecule has 0 aliphatic carbocycles. The maximum absolute atomic E-state index is 13.6. The second-order valence-corrected chi connectivity index (χ2v) is 3.13. The summed E-state index contributed by atoms with van der Waals surface area (Å²) in [5.41, 5.74) is 5.59. The van der Waals surface area contributed by atoms with E-state index in [1.54, 1.807) is 0 Å². The molecule has 0 saturated heterocycles. The standard InChI is InChI=1S/C10H13F2NO2/c1-15-9-5-6(11)4-7(10(9)12)8(13)2-3-14/h4-5,8,14H,2-3,13H2,1H3. The van der Waals surface area contributed by atoms with Gasteiger partial charge >= 0.3 is 0 Å². The van der Waals surface area contributed by atoms with Gasteiger partial charge in [0.15, 0.2) is 11.6 Å². The molecule has 1 unspecified atom stereocenters. The van der Waals surface area contributed by atoms with Gasteiger partial charge in [0.05, 0.1) is 7.11 Å². The number of methoxy groups -OCH3 is 1. The smallest absolute Gasteiger partial charge is 0.170 e. The summed E-state index contributed by atoms with van der Waals surface area (Å²) >= 11 is 0. The Balaban J connectivity index is 3.11. The summed E-state index contributed by atoms with van der Waals surface area (Å²) in [7, 11) is 1.25. The third-order valence-electron chi connectivity index (χ3n) is 2.09. The van der Waals surface area contributed by atoms with Crippen LogP contribution in [0, 0.1) is 11.6 Å². The summed E-state index contributed by atoms with van der Waals surface area (Å²) in [5.74, 6) is -1.48. The van der Waals surface area contributed by atoms with Crippen molar-refractivity contribution < 1.29 is 18.6 Å². The third kappa shape index (κ3) is 2.64. The summed E-state index contributed by atoms with van der Waals surface area (Å²) in [6, 6.07) is 1.22. The summed E-state index contributed by atoms with van der Waals surface area (Å²) in [6.45, 7) is -0.181. The Morgan fingerprint density at radius 2 is 2.13 bits per heavy atom. The van der Waals surface area contributed by atoms with Crippen molar-refractivity contribution in [1.29, 1.82) is 0 Å². The highest BCUT2D eigenvalue weighted by atomic mass is 19.1. The monoisotopic (exact) mass is 217 g/mol. The molecule has 0 fully saturated rings. The number of benzene rings is 1. The van der Waals surface area contributed by atoms with Gasteiger partial charge in [0, 0.05) is 24.3 Å². The maximum Gasteiger partial charge on any atom is 0.170 e. The minimum Gasteiger partial charge on any atom is -0.494 e. The molecule has 0 spiro atoms. The van der Waals surface area contributed by atoms with E-state index < -0.39 is 17.7 Å². The minimum absolute atomic E-state index is 0.0147. The molecule has 3 nitrogen and oxygen atoms in total. The third-order valence-corrected chi connectivity index (χ3v) is 2.09. The molecular weight excluding hydrogens is 204 g/mol. The Morgan fingerprint density at radius 1 is 1.47 bits per heavy atom. The fraction of sp³-hybridized carbons (Fsp3) is 0.400. The molecule has 1 atom stereocenters. The van der Waals surface area contributed by atoms with E-state index in [4.69, 9.17) is 10.8 Å². The van der Waals surface area contributed by atoms with Crippen LogP contribution in [-0.4, -0.2) is 18.8 Å². The van der Waals surface area contributed by atoms with Gasteiger partial charge in [-0.3, -0.25) is 0 Å². The fourth-order valence-electron chi connectivity index (χ4n) is 1.30. The van der Waals surface area contributed by atoms with E-state index in [1.807, 2.05) is 0 Å². The lowest BCUT2D eigenvalue weighted by molar-refractivity contribution is 0.274. The van der Waals surface area contributed by atoms with E-state index in [1.165, 1.54) is 7.11 Å². The number of aliphatic hydroxyl groups is 1. The SMILES string of the molecule is COc1cc(F)cc(C(N)CCO)c1F. The van der Waals surface area contributed by atoms with Crippen molar-refractivity contribution in [3.8, 4) is 5.75 Å². The van der Waals surface area contributed by atoms with Crippen molar-refractivity contribution in [3.63, 3.8) is 0 Å². The number of nitrogens with two attached hydrogens (primary N) is 1. The zero-order valence-corrected chi connectivity index (χ0v) is 8.34. The van der Waals surface area contributed by atoms with Gasteiger partial charge in [-0.05, 0) is 12.5 Å². The Hall–Kier alpha value is -1.20. The number of aliphatic hydroxyl groups excluding tert-OH is 1. The molecular formula is C10H13F2NO2. The first kappa shape index (κ1) is 11.9. The number of hydrogen-bond donors (Lipinski definition) is 2. The van der Waals surface area contributed by atoms with Crippen LogP contribution in [0.15, 0.2) is 12.1 Å². The molecule has 15 heavy (non-hydrogen) atoms. The molecule has 1 aromatic rings.